The zero-order valence-corrected chi connectivity index (χ0v) is 12.9. The highest BCUT2D eigenvalue weighted by molar-refractivity contribution is 5.67. The average Bonchev–Trinajstić information content (AvgIpc) is 2.38. The van der Waals surface area contributed by atoms with Crippen LogP contribution in [-0.2, 0) is 6.42 Å². The molecule has 3 heteroatoms. The van der Waals surface area contributed by atoms with E-state index in [9.17, 15) is 4.79 Å². The number of aryl methyl sites for hydroxylation is 4. The average molecular weight is 270 g/mol. The van der Waals surface area contributed by atoms with Crippen molar-refractivity contribution in [2.24, 2.45) is 0 Å². The molecule has 0 radical (unpaired) electrons. The Balaban J connectivity index is 2.68. The van der Waals surface area contributed by atoms with E-state index in [1.807, 2.05) is 6.92 Å². The van der Waals surface area contributed by atoms with Crippen molar-refractivity contribution in [2.45, 2.75) is 47.5 Å². The van der Waals surface area contributed by atoms with Crippen LogP contribution in [0.2, 0.25) is 0 Å². The van der Waals surface area contributed by atoms with Crippen LogP contribution in [0, 0.1) is 27.7 Å². The van der Waals surface area contributed by atoms with Crippen LogP contribution in [0.1, 0.15) is 41.4 Å². The van der Waals surface area contributed by atoms with Crippen LogP contribution in [-0.4, -0.2) is 9.97 Å². The Morgan fingerprint density at radius 1 is 1.05 bits per heavy atom. The van der Waals surface area contributed by atoms with E-state index in [0.717, 1.165) is 35.5 Å². The maximum absolute atomic E-state index is 12.1. The number of aromatic amines is 1. The number of nitrogens with zero attached hydrogens (tertiary/aromatic N) is 1. The van der Waals surface area contributed by atoms with E-state index in [4.69, 9.17) is 0 Å². The van der Waals surface area contributed by atoms with Crippen LogP contribution >= 0.6 is 0 Å². The topological polar surface area (TPSA) is 45.8 Å². The summed E-state index contributed by atoms with van der Waals surface area (Å²) in [5, 5.41) is 0. The first-order chi connectivity index (χ1) is 9.43. The Morgan fingerprint density at radius 3 is 2.35 bits per heavy atom. The fourth-order valence-corrected chi connectivity index (χ4v) is 2.41. The van der Waals surface area contributed by atoms with Gasteiger partial charge >= 0.3 is 0 Å². The molecule has 0 spiro atoms. The van der Waals surface area contributed by atoms with Crippen LogP contribution in [0.4, 0.5) is 0 Å². The zero-order chi connectivity index (χ0) is 14.9. The number of hydrogen-bond donors (Lipinski definition) is 1. The molecular formula is C17H22N2O. The van der Waals surface area contributed by atoms with Gasteiger partial charge in [-0.15, -0.1) is 0 Å². The lowest BCUT2D eigenvalue weighted by Gasteiger charge is -2.12. The summed E-state index contributed by atoms with van der Waals surface area (Å²) in [4.78, 5) is 19.6. The molecule has 0 saturated carbocycles. The second-order valence-corrected chi connectivity index (χ2v) is 5.49. The predicted molar refractivity (Wildman–Crippen MR) is 83.2 cm³/mol. The van der Waals surface area contributed by atoms with E-state index in [-0.39, 0.29) is 5.56 Å². The standard InChI is InChI=1S/C17H22N2O/c1-6-7-15-18-16(13(5)17(20)19-15)14-9-11(3)10(2)8-12(14)4/h8-9H,6-7H2,1-5H3,(H,18,19,20). The Morgan fingerprint density at radius 2 is 1.70 bits per heavy atom. The van der Waals surface area contributed by atoms with Crippen molar-refractivity contribution in [1.29, 1.82) is 0 Å². The first kappa shape index (κ1) is 14.5. The highest BCUT2D eigenvalue weighted by atomic mass is 16.1. The minimum Gasteiger partial charge on any atom is -0.310 e. The summed E-state index contributed by atoms with van der Waals surface area (Å²) in [5.41, 5.74) is 6.20. The molecule has 20 heavy (non-hydrogen) atoms. The lowest BCUT2D eigenvalue weighted by atomic mass is 9.97. The molecule has 1 heterocycles. The third kappa shape index (κ3) is 2.67. The minimum atomic E-state index is -0.0314. The molecule has 0 aliphatic carbocycles. The van der Waals surface area contributed by atoms with Crippen molar-refractivity contribution in [3.8, 4) is 11.3 Å². The van der Waals surface area contributed by atoms with Gasteiger partial charge in [0.05, 0.1) is 5.69 Å². The molecular weight excluding hydrogens is 248 g/mol. The monoisotopic (exact) mass is 270 g/mol. The molecule has 0 aliphatic rings. The maximum atomic E-state index is 12.1. The smallest absolute Gasteiger partial charge is 0.254 e. The number of hydrogen-bond acceptors (Lipinski definition) is 2. The summed E-state index contributed by atoms with van der Waals surface area (Å²) >= 11 is 0. The summed E-state index contributed by atoms with van der Waals surface area (Å²) in [6.45, 7) is 10.2. The van der Waals surface area contributed by atoms with E-state index in [0.29, 0.717) is 5.56 Å². The van der Waals surface area contributed by atoms with Crippen LogP contribution in [0.3, 0.4) is 0 Å². The number of benzene rings is 1. The van der Waals surface area contributed by atoms with Gasteiger partial charge in [-0.3, -0.25) is 4.79 Å². The zero-order valence-electron chi connectivity index (χ0n) is 12.9. The first-order valence-electron chi connectivity index (χ1n) is 7.12. The predicted octanol–water partition coefficient (Wildman–Crippen LogP) is 3.62. The quantitative estimate of drug-likeness (QED) is 0.925. The summed E-state index contributed by atoms with van der Waals surface area (Å²) in [6, 6.07) is 4.29. The fraction of sp³-hybridized carbons (Fsp3) is 0.412. The lowest BCUT2D eigenvalue weighted by molar-refractivity contribution is 0.822. The van der Waals surface area contributed by atoms with Gasteiger partial charge in [-0.2, -0.15) is 0 Å². The summed E-state index contributed by atoms with van der Waals surface area (Å²) in [6.07, 6.45) is 1.77. The molecule has 2 aromatic rings. The molecule has 0 aliphatic heterocycles. The highest BCUT2D eigenvalue weighted by Crippen LogP contribution is 2.26. The lowest BCUT2D eigenvalue weighted by Crippen LogP contribution is -2.16. The maximum Gasteiger partial charge on any atom is 0.254 e. The summed E-state index contributed by atoms with van der Waals surface area (Å²) in [5.74, 6) is 0.774. The Kier molecular flexibility index (Phi) is 4.07. The van der Waals surface area contributed by atoms with Crippen molar-refractivity contribution in [3.63, 3.8) is 0 Å². The first-order valence-corrected chi connectivity index (χ1v) is 7.12. The molecule has 0 atom stereocenters. The van der Waals surface area contributed by atoms with Gasteiger partial charge in [0.1, 0.15) is 5.82 Å². The number of rotatable bonds is 3. The van der Waals surface area contributed by atoms with Crippen LogP contribution in [0.15, 0.2) is 16.9 Å². The molecule has 1 aromatic heterocycles. The molecule has 1 N–H and O–H groups in total. The Hall–Kier alpha value is -1.90. The largest absolute Gasteiger partial charge is 0.310 e. The van der Waals surface area contributed by atoms with Gasteiger partial charge in [0.2, 0.25) is 0 Å². The summed E-state index contributed by atoms with van der Waals surface area (Å²) in [7, 11) is 0. The molecule has 106 valence electrons. The summed E-state index contributed by atoms with van der Waals surface area (Å²) < 4.78 is 0. The number of H-pyrrole nitrogens is 1. The van der Waals surface area contributed by atoms with Crippen LogP contribution in [0.5, 0.6) is 0 Å². The Bertz CT molecular complexity index is 699. The van der Waals surface area contributed by atoms with Gasteiger partial charge in [0.25, 0.3) is 5.56 Å². The number of aromatic nitrogens is 2. The van der Waals surface area contributed by atoms with Gasteiger partial charge in [-0.05, 0) is 56.9 Å². The third-order valence-electron chi connectivity index (χ3n) is 3.78. The van der Waals surface area contributed by atoms with E-state index >= 15 is 0 Å². The van der Waals surface area contributed by atoms with Gasteiger partial charge in [0, 0.05) is 17.5 Å². The van der Waals surface area contributed by atoms with Crippen molar-refractivity contribution >= 4 is 0 Å². The van der Waals surface area contributed by atoms with Crippen LogP contribution < -0.4 is 5.56 Å². The van der Waals surface area contributed by atoms with Gasteiger partial charge < -0.3 is 4.98 Å². The molecule has 0 saturated heterocycles. The second kappa shape index (κ2) is 5.61. The van der Waals surface area contributed by atoms with Crippen molar-refractivity contribution in [3.05, 3.63) is 50.6 Å². The Labute approximate surface area is 120 Å². The van der Waals surface area contributed by atoms with Crippen molar-refractivity contribution in [2.75, 3.05) is 0 Å². The molecule has 3 nitrogen and oxygen atoms in total. The third-order valence-corrected chi connectivity index (χ3v) is 3.78. The van der Waals surface area contributed by atoms with Crippen molar-refractivity contribution < 1.29 is 0 Å². The molecule has 1 aromatic carbocycles. The molecule has 0 bridgehead atoms. The van der Waals surface area contributed by atoms with Crippen LogP contribution in [0.25, 0.3) is 11.3 Å². The minimum absolute atomic E-state index is 0.0314. The van der Waals surface area contributed by atoms with Gasteiger partial charge in [-0.1, -0.05) is 13.0 Å². The molecule has 0 unspecified atom stereocenters. The molecule has 0 fully saturated rings. The van der Waals surface area contributed by atoms with Gasteiger partial charge in [-0.25, -0.2) is 4.98 Å². The van der Waals surface area contributed by atoms with Crippen molar-refractivity contribution in [1.82, 2.24) is 9.97 Å². The highest BCUT2D eigenvalue weighted by Gasteiger charge is 2.12. The normalized spacial score (nSPS) is 10.8. The van der Waals surface area contributed by atoms with E-state index in [2.05, 4.69) is 49.8 Å². The fourth-order valence-electron chi connectivity index (χ4n) is 2.41. The SMILES string of the molecule is CCCc1nc(-c2cc(C)c(C)cc2C)c(C)c(=O)[nH]1. The number of nitrogens with one attached hydrogen (secondary N) is 1. The van der Waals surface area contributed by atoms with E-state index in [1.165, 1.54) is 11.1 Å². The van der Waals surface area contributed by atoms with E-state index in [1.54, 1.807) is 0 Å². The molecule has 2 rings (SSSR count). The molecule has 0 amide bonds. The van der Waals surface area contributed by atoms with Gasteiger partial charge in [0.15, 0.2) is 0 Å². The van der Waals surface area contributed by atoms with E-state index < -0.39 is 0 Å². The second-order valence-electron chi connectivity index (χ2n) is 5.49.